The molecule has 2 aromatic rings. The van der Waals surface area contributed by atoms with Crippen LogP contribution in [0.3, 0.4) is 0 Å². The lowest BCUT2D eigenvalue weighted by molar-refractivity contribution is 0.0706. The highest BCUT2D eigenvalue weighted by Gasteiger charge is 2.14. The van der Waals surface area contributed by atoms with Gasteiger partial charge in [-0.2, -0.15) is 0 Å². The van der Waals surface area contributed by atoms with Gasteiger partial charge in [0.25, 0.3) is 11.8 Å². The molecular weight excluding hydrogens is 294 g/mol. The van der Waals surface area contributed by atoms with Crippen LogP contribution in [0.2, 0.25) is 0 Å². The Morgan fingerprint density at radius 2 is 1.30 bits per heavy atom. The summed E-state index contributed by atoms with van der Waals surface area (Å²) < 4.78 is 0. The summed E-state index contributed by atoms with van der Waals surface area (Å²) in [7, 11) is 5.55. The van der Waals surface area contributed by atoms with Crippen molar-refractivity contribution in [2.45, 2.75) is 0 Å². The van der Waals surface area contributed by atoms with Gasteiger partial charge in [0, 0.05) is 43.6 Å². The first-order valence-electron chi connectivity index (χ1n) is 7.04. The van der Waals surface area contributed by atoms with Crippen LogP contribution in [-0.2, 0) is 0 Å². The van der Waals surface area contributed by atoms with Gasteiger partial charge >= 0.3 is 0 Å². The van der Waals surface area contributed by atoms with Gasteiger partial charge in [0.2, 0.25) is 0 Å². The van der Waals surface area contributed by atoms with Crippen molar-refractivity contribution < 1.29 is 14.8 Å². The highest BCUT2D eigenvalue weighted by Crippen LogP contribution is 2.18. The van der Waals surface area contributed by atoms with Gasteiger partial charge in [0.1, 0.15) is 0 Å². The van der Waals surface area contributed by atoms with Gasteiger partial charge in [-0.3, -0.25) is 14.8 Å². The molecule has 2 amide bonds. The first-order valence-corrected chi connectivity index (χ1v) is 7.04. The molecule has 0 heterocycles. The molecule has 0 saturated heterocycles. The van der Waals surface area contributed by atoms with E-state index in [0.29, 0.717) is 16.8 Å². The molecule has 0 saturated carbocycles. The summed E-state index contributed by atoms with van der Waals surface area (Å²) in [6, 6.07) is 13.7. The number of benzene rings is 2. The maximum atomic E-state index is 12.5. The fourth-order valence-corrected chi connectivity index (χ4v) is 2.11. The molecule has 0 aliphatic heterocycles. The highest BCUT2D eigenvalue weighted by molar-refractivity contribution is 6.06. The number of rotatable bonds is 4. The van der Waals surface area contributed by atoms with Crippen molar-refractivity contribution in [1.82, 2.24) is 5.48 Å². The van der Waals surface area contributed by atoms with Crippen molar-refractivity contribution in [3.05, 3.63) is 59.7 Å². The molecule has 0 aromatic heterocycles. The smallest absolute Gasteiger partial charge is 0.274 e. The van der Waals surface area contributed by atoms with E-state index in [1.807, 2.05) is 31.1 Å². The normalized spacial score (nSPS) is 10.1. The van der Waals surface area contributed by atoms with E-state index in [9.17, 15) is 9.59 Å². The minimum Gasteiger partial charge on any atom is -0.378 e. The number of amides is 2. The van der Waals surface area contributed by atoms with E-state index in [1.54, 1.807) is 48.9 Å². The topological polar surface area (TPSA) is 72.9 Å². The summed E-state index contributed by atoms with van der Waals surface area (Å²) >= 11 is 0. The van der Waals surface area contributed by atoms with E-state index in [-0.39, 0.29) is 5.91 Å². The molecule has 0 atom stereocenters. The van der Waals surface area contributed by atoms with Crippen LogP contribution in [0.25, 0.3) is 0 Å². The van der Waals surface area contributed by atoms with Crippen LogP contribution in [0, 0.1) is 0 Å². The van der Waals surface area contributed by atoms with Gasteiger partial charge in [-0.05, 0) is 48.5 Å². The van der Waals surface area contributed by atoms with E-state index in [4.69, 9.17) is 5.21 Å². The molecule has 0 fully saturated rings. The van der Waals surface area contributed by atoms with Crippen molar-refractivity contribution in [3.8, 4) is 0 Å². The van der Waals surface area contributed by atoms with Crippen LogP contribution in [-0.4, -0.2) is 38.2 Å². The van der Waals surface area contributed by atoms with Crippen LogP contribution in [0.5, 0.6) is 0 Å². The number of carbonyl (C=O) groups is 2. The predicted molar refractivity (Wildman–Crippen MR) is 89.2 cm³/mol. The number of hydrogen-bond donors (Lipinski definition) is 2. The second-order valence-electron chi connectivity index (χ2n) is 5.29. The number of hydrogen-bond acceptors (Lipinski definition) is 4. The maximum absolute atomic E-state index is 12.5. The Balaban J connectivity index is 2.17. The van der Waals surface area contributed by atoms with E-state index >= 15 is 0 Å². The van der Waals surface area contributed by atoms with Crippen LogP contribution in [0.4, 0.5) is 11.4 Å². The third-order valence-corrected chi connectivity index (χ3v) is 3.55. The minimum atomic E-state index is -0.593. The van der Waals surface area contributed by atoms with E-state index < -0.39 is 5.91 Å². The summed E-state index contributed by atoms with van der Waals surface area (Å²) in [6.07, 6.45) is 0. The standard InChI is InChI=1S/C17H19N3O3/c1-19(2)14-8-6-13(7-9-14)17(22)20(3)15-10-4-12(5-11-15)16(21)18-23/h4-11,23H,1-3H3,(H,18,21). The van der Waals surface area contributed by atoms with Gasteiger partial charge in [-0.15, -0.1) is 0 Å². The zero-order valence-corrected chi connectivity index (χ0v) is 13.3. The molecule has 0 spiro atoms. The van der Waals surface area contributed by atoms with Crippen LogP contribution < -0.4 is 15.3 Å². The molecule has 2 aromatic carbocycles. The zero-order chi connectivity index (χ0) is 17.0. The predicted octanol–water partition coefficient (Wildman–Crippen LogP) is 2.15. The van der Waals surface area contributed by atoms with E-state index in [1.165, 1.54) is 4.90 Å². The Hall–Kier alpha value is -2.86. The van der Waals surface area contributed by atoms with Crippen molar-refractivity contribution in [1.29, 1.82) is 0 Å². The second-order valence-corrected chi connectivity index (χ2v) is 5.29. The van der Waals surface area contributed by atoms with Gasteiger partial charge in [0.15, 0.2) is 0 Å². The fraction of sp³-hybridized carbons (Fsp3) is 0.176. The fourth-order valence-electron chi connectivity index (χ4n) is 2.11. The van der Waals surface area contributed by atoms with Gasteiger partial charge in [-0.25, -0.2) is 5.48 Å². The summed E-state index contributed by atoms with van der Waals surface area (Å²) in [5.41, 5.74) is 4.13. The molecule has 0 bridgehead atoms. The third-order valence-electron chi connectivity index (χ3n) is 3.55. The quantitative estimate of drug-likeness (QED) is 0.670. The largest absolute Gasteiger partial charge is 0.378 e. The molecule has 0 aliphatic carbocycles. The third kappa shape index (κ3) is 3.67. The van der Waals surface area contributed by atoms with E-state index in [0.717, 1.165) is 5.69 Å². The lowest BCUT2D eigenvalue weighted by atomic mass is 10.1. The van der Waals surface area contributed by atoms with Crippen molar-refractivity contribution in [2.75, 3.05) is 30.9 Å². The lowest BCUT2D eigenvalue weighted by Crippen LogP contribution is -2.26. The highest BCUT2D eigenvalue weighted by atomic mass is 16.5. The minimum absolute atomic E-state index is 0.144. The summed E-state index contributed by atoms with van der Waals surface area (Å²) in [5, 5.41) is 8.60. The second kappa shape index (κ2) is 6.93. The van der Waals surface area contributed by atoms with Crippen LogP contribution >= 0.6 is 0 Å². The lowest BCUT2D eigenvalue weighted by Gasteiger charge is -2.18. The van der Waals surface area contributed by atoms with Gasteiger partial charge < -0.3 is 9.80 Å². The molecule has 0 radical (unpaired) electrons. The van der Waals surface area contributed by atoms with Gasteiger partial charge in [-0.1, -0.05) is 0 Å². The summed E-state index contributed by atoms with van der Waals surface area (Å²) in [4.78, 5) is 27.3. The number of hydroxylamine groups is 1. The van der Waals surface area contributed by atoms with Crippen LogP contribution in [0.15, 0.2) is 48.5 Å². The Kier molecular flexibility index (Phi) is 4.98. The Morgan fingerprint density at radius 3 is 1.78 bits per heavy atom. The molecule has 6 nitrogen and oxygen atoms in total. The molecule has 0 aliphatic rings. The van der Waals surface area contributed by atoms with Gasteiger partial charge in [0.05, 0.1) is 0 Å². The number of nitrogens with one attached hydrogen (secondary N) is 1. The average molecular weight is 313 g/mol. The summed E-state index contributed by atoms with van der Waals surface area (Å²) in [6.45, 7) is 0. The Morgan fingerprint density at radius 1 is 0.826 bits per heavy atom. The molecule has 6 heteroatoms. The first kappa shape index (κ1) is 16.5. The molecule has 23 heavy (non-hydrogen) atoms. The zero-order valence-electron chi connectivity index (χ0n) is 13.3. The molecule has 120 valence electrons. The average Bonchev–Trinajstić information content (AvgIpc) is 2.60. The maximum Gasteiger partial charge on any atom is 0.274 e. The van der Waals surface area contributed by atoms with Crippen molar-refractivity contribution >= 4 is 23.2 Å². The Labute approximate surface area is 134 Å². The number of nitrogens with zero attached hydrogens (tertiary/aromatic N) is 2. The van der Waals surface area contributed by atoms with Crippen molar-refractivity contribution in [3.63, 3.8) is 0 Å². The van der Waals surface area contributed by atoms with E-state index in [2.05, 4.69) is 0 Å². The molecule has 2 N–H and O–H groups in total. The molecular formula is C17H19N3O3. The molecule has 0 unspecified atom stereocenters. The number of anilines is 2. The SMILES string of the molecule is CN(C)c1ccc(C(=O)N(C)c2ccc(C(=O)NO)cc2)cc1. The monoisotopic (exact) mass is 313 g/mol. The van der Waals surface area contributed by atoms with Crippen molar-refractivity contribution in [2.24, 2.45) is 0 Å². The first-order chi connectivity index (χ1) is 10.9. The summed E-state index contributed by atoms with van der Waals surface area (Å²) in [5.74, 6) is -0.737. The Bertz CT molecular complexity index is 694. The number of carbonyl (C=O) groups excluding carboxylic acids is 2. The molecule has 2 rings (SSSR count). The van der Waals surface area contributed by atoms with Crippen LogP contribution in [0.1, 0.15) is 20.7 Å².